The molecule has 0 radical (unpaired) electrons. The maximum Gasteiger partial charge on any atom is 0.236 e. The second-order valence-electron chi connectivity index (χ2n) is 6.21. The number of rotatable bonds is 7. The SMILES string of the molecule is Cc1ccc(Nc2nc(N)nc(CSCC(=O)N(C)c3ccccc3)n2)cc1. The Bertz CT molecular complexity index is 933. The van der Waals surface area contributed by atoms with Gasteiger partial charge in [-0.05, 0) is 31.2 Å². The van der Waals surface area contributed by atoms with Crippen LogP contribution in [0.3, 0.4) is 0 Å². The van der Waals surface area contributed by atoms with Crippen LogP contribution in [0.5, 0.6) is 0 Å². The number of para-hydroxylation sites is 1. The number of amides is 1. The van der Waals surface area contributed by atoms with Crippen molar-refractivity contribution in [3.8, 4) is 0 Å². The molecule has 0 unspecified atom stereocenters. The lowest BCUT2D eigenvalue weighted by Gasteiger charge is -2.16. The van der Waals surface area contributed by atoms with Crippen LogP contribution in [-0.4, -0.2) is 33.7 Å². The van der Waals surface area contributed by atoms with E-state index in [4.69, 9.17) is 5.73 Å². The second-order valence-corrected chi connectivity index (χ2v) is 7.19. The van der Waals surface area contributed by atoms with Gasteiger partial charge in [0.1, 0.15) is 5.82 Å². The fourth-order valence-corrected chi connectivity index (χ4v) is 3.23. The van der Waals surface area contributed by atoms with E-state index in [-0.39, 0.29) is 11.9 Å². The lowest BCUT2D eigenvalue weighted by Crippen LogP contribution is -2.27. The molecule has 1 amide bonds. The molecule has 0 spiro atoms. The Balaban J connectivity index is 1.57. The van der Waals surface area contributed by atoms with Gasteiger partial charge >= 0.3 is 0 Å². The van der Waals surface area contributed by atoms with E-state index in [1.165, 1.54) is 17.3 Å². The highest BCUT2D eigenvalue weighted by atomic mass is 32.2. The third kappa shape index (κ3) is 5.43. The highest BCUT2D eigenvalue weighted by molar-refractivity contribution is 7.99. The van der Waals surface area contributed by atoms with E-state index >= 15 is 0 Å². The Morgan fingerprint density at radius 3 is 2.50 bits per heavy atom. The van der Waals surface area contributed by atoms with Gasteiger partial charge in [0, 0.05) is 18.4 Å². The van der Waals surface area contributed by atoms with Gasteiger partial charge in [-0.25, -0.2) is 0 Å². The number of anilines is 4. The van der Waals surface area contributed by atoms with Crippen LogP contribution in [0.1, 0.15) is 11.4 Å². The predicted molar refractivity (Wildman–Crippen MR) is 115 cm³/mol. The highest BCUT2D eigenvalue weighted by Gasteiger charge is 2.12. The number of aromatic nitrogens is 3. The van der Waals surface area contributed by atoms with Gasteiger partial charge < -0.3 is 16.0 Å². The van der Waals surface area contributed by atoms with E-state index < -0.39 is 0 Å². The minimum atomic E-state index is 0.0104. The van der Waals surface area contributed by atoms with Crippen molar-refractivity contribution in [3.63, 3.8) is 0 Å². The van der Waals surface area contributed by atoms with Gasteiger partial charge in [0.15, 0.2) is 0 Å². The molecule has 1 heterocycles. The molecule has 3 N–H and O–H groups in total. The number of hydrogen-bond donors (Lipinski definition) is 2. The van der Waals surface area contributed by atoms with Gasteiger partial charge in [-0.3, -0.25) is 4.79 Å². The summed E-state index contributed by atoms with van der Waals surface area (Å²) in [5.41, 5.74) is 8.71. The van der Waals surface area contributed by atoms with Gasteiger partial charge in [0.05, 0.1) is 11.5 Å². The molecule has 0 atom stereocenters. The molecule has 7 nitrogen and oxygen atoms in total. The third-order valence-corrected chi connectivity index (χ3v) is 4.89. The van der Waals surface area contributed by atoms with Crippen molar-refractivity contribution < 1.29 is 4.79 Å². The fourth-order valence-electron chi connectivity index (χ4n) is 2.45. The summed E-state index contributed by atoms with van der Waals surface area (Å²) in [5.74, 6) is 1.85. The number of benzene rings is 2. The second kappa shape index (κ2) is 9.18. The van der Waals surface area contributed by atoms with Crippen LogP contribution in [-0.2, 0) is 10.5 Å². The minimum absolute atomic E-state index is 0.0104. The molecule has 2 aromatic carbocycles. The smallest absolute Gasteiger partial charge is 0.236 e. The maximum absolute atomic E-state index is 12.4. The summed E-state index contributed by atoms with van der Waals surface area (Å²) in [4.78, 5) is 26.7. The third-order valence-electron chi connectivity index (χ3n) is 3.98. The number of aryl methyl sites for hydroxylation is 1. The van der Waals surface area contributed by atoms with Crippen molar-refractivity contribution in [1.29, 1.82) is 0 Å². The number of nitrogens with zero attached hydrogens (tertiary/aromatic N) is 4. The number of nitrogens with two attached hydrogens (primary N) is 1. The van der Waals surface area contributed by atoms with E-state index in [1.807, 2.05) is 61.5 Å². The summed E-state index contributed by atoms with van der Waals surface area (Å²) in [6.45, 7) is 2.02. The number of thioether (sulfide) groups is 1. The molecule has 3 rings (SSSR count). The van der Waals surface area contributed by atoms with Crippen molar-refractivity contribution in [2.45, 2.75) is 12.7 Å². The molecule has 1 aromatic heterocycles. The summed E-state index contributed by atoms with van der Waals surface area (Å²) >= 11 is 1.44. The van der Waals surface area contributed by atoms with E-state index in [1.54, 1.807) is 11.9 Å². The number of nitrogens with one attached hydrogen (secondary N) is 1. The lowest BCUT2D eigenvalue weighted by atomic mass is 10.2. The fraction of sp³-hybridized carbons (Fsp3) is 0.200. The van der Waals surface area contributed by atoms with E-state index in [0.717, 1.165) is 11.4 Å². The molecule has 0 saturated carbocycles. The topological polar surface area (TPSA) is 97.0 Å². The van der Waals surface area contributed by atoms with Crippen molar-refractivity contribution in [2.24, 2.45) is 0 Å². The van der Waals surface area contributed by atoms with Gasteiger partial charge in [0.25, 0.3) is 0 Å². The van der Waals surface area contributed by atoms with Gasteiger partial charge in [-0.2, -0.15) is 15.0 Å². The summed E-state index contributed by atoms with van der Waals surface area (Å²) < 4.78 is 0. The minimum Gasteiger partial charge on any atom is -0.368 e. The quantitative estimate of drug-likeness (QED) is 0.634. The highest BCUT2D eigenvalue weighted by Crippen LogP contribution is 2.17. The standard InChI is InChI=1S/C20H22N6OS/c1-14-8-10-15(11-9-14)22-20-24-17(23-19(21)25-20)12-28-13-18(27)26(2)16-6-4-3-5-7-16/h3-11H,12-13H2,1-2H3,(H3,21,22,23,24,25). The molecule has 0 bridgehead atoms. The Kier molecular flexibility index (Phi) is 6.44. The largest absolute Gasteiger partial charge is 0.368 e. The Labute approximate surface area is 168 Å². The van der Waals surface area contributed by atoms with E-state index in [0.29, 0.717) is 23.3 Å². The Morgan fingerprint density at radius 1 is 1.07 bits per heavy atom. The molecule has 0 aliphatic rings. The van der Waals surface area contributed by atoms with E-state index in [9.17, 15) is 4.79 Å². The van der Waals surface area contributed by atoms with Crippen molar-refractivity contribution in [1.82, 2.24) is 15.0 Å². The van der Waals surface area contributed by atoms with E-state index in [2.05, 4.69) is 20.3 Å². The number of hydrogen-bond acceptors (Lipinski definition) is 7. The van der Waals surface area contributed by atoms with Crippen LogP contribution >= 0.6 is 11.8 Å². The predicted octanol–water partition coefficient (Wildman–Crippen LogP) is 3.40. The molecule has 28 heavy (non-hydrogen) atoms. The zero-order valence-corrected chi connectivity index (χ0v) is 16.6. The monoisotopic (exact) mass is 394 g/mol. The zero-order chi connectivity index (χ0) is 19.9. The lowest BCUT2D eigenvalue weighted by molar-refractivity contribution is -0.115. The van der Waals surface area contributed by atoms with Crippen LogP contribution in [0.4, 0.5) is 23.3 Å². The molecule has 8 heteroatoms. The van der Waals surface area contributed by atoms with Crippen LogP contribution in [0, 0.1) is 6.92 Å². The normalized spacial score (nSPS) is 10.5. The molecule has 144 valence electrons. The first kappa shape index (κ1) is 19.6. The Hall–Kier alpha value is -3.13. The molecule has 0 aliphatic carbocycles. The number of carbonyl (C=O) groups is 1. The molecule has 0 aliphatic heterocycles. The molecular formula is C20H22N6OS. The zero-order valence-electron chi connectivity index (χ0n) is 15.8. The van der Waals surface area contributed by atoms with Gasteiger partial charge in [-0.15, -0.1) is 11.8 Å². The first-order chi connectivity index (χ1) is 13.5. The van der Waals surface area contributed by atoms with Gasteiger partial charge in [0.2, 0.25) is 17.8 Å². The summed E-state index contributed by atoms with van der Waals surface area (Å²) in [6, 6.07) is 17.4. The van der Waals surface area contributed by atoms with Crippen LogP contribution in [0.25, 0.3) is 0 Å². The van der Waals surface area contributed by atoms with Gasteiger partial charge in [-0.1, -0.05) is 35.9 Å². The average molecular weight is 395 g/mol. The van der Waals surface area contributed by atoms with Crippen LogP contribution in [0.15, 0.2) is 54.6 Å². The Morgan fingerprint density at radius 2 is 1.79 bits per heavy atom. The molecular weight excluding hydrogens is 372 g/mol. The van der Waals surface area contributed by atoms with Crippen LogP contribution < -0.4 is 16.0 Å². The maximum atomic E-state index is 12.4. The average Bonchev–Trinajstić information content (AvgIpc) is 2.69. The number of nitrogen functional groups attached to an aromatic ring is 1. The summed E-state index contributed by atoms with van der Waals surface area (Å²) in [7, 11) is 1.77. The number of carbonyl (C=O) groups excluding carboxylic acids is 1. The molecule has 0 saturated heterocycles. The first-order valence-corrected chi connectivity index (χ1v) is 9.90. The van der Waals surface area contributed by atoms with Crippen LogP contribution in [0.2, 0.25) is 0 Å². The summed E-state index contributed by atoms with van der Waals surface area (Å²) in [5, 5.41) is 3.12. The van der Waals surface area contributed by atoms with Crippen molar-refractivity contribution >= 4 is 40.9 Å². The summed E-state index contributed by atoms with van der Waals surface area (Å²) in [6.07, 6.45) is 0. The molecule has 0 fully saturated rings. The van der Waals surface area contributed by atoms with Crippen molar-refractivity contribution in [2.75, 3.05) is 28.8 Å². The first-order valence-electron chi connectivity index (χ1n) is 8.75. The van der Waals surface area contributed by atoms with Crippen molar-refractivity contribution in [3.05, 3.63) is 66.0 Å². The molecule has 3 aromatic rings.